The van der Waals surface area contributed by atoms with E-state index in [2.05, 4.69) is 21.2 Å². The Morgan fingerprint density at radius 3 is 2.85 bits per heavy atom. The number of benzene rings is 1. The number of carbonyl (C=O) groups excluding carboxylic acids is 1. The van der Waals surface area contributed by atoms with Gasteiger partial charge in [-0.3, -0.25) is 4.79 Å². The lowest BCUT2D eigenvalue weighted by molar-refractivity contribution is -0.120. The average molecular weight is 364 g/mol. The third-order valence-corrected chi connectivity index (χ3v) is 4.21. The van der Waals surface area contributed by atoms with Crippen molar-refractivity contribution in [3.8, 4) is 5.75 Å². The summed E-state index contributed by atoms with van der Waals surface area (Å²) in [6.45, 7) is 0. The number of anilines is 1. The Morgan fingerprint density at radius 1 is 1.45 bits per heavy atom. The van der Waals surface area contributed by atoms with Crippen LogP contribution in [0, 0.1) is 5.92 Å². The molecule has 1 amide bonds. The Bertz CT molecular complexity index is 470. The lowest BCUT2D eigenvalue weighted by Crippen LogP contribution is -2.34. The summed E-state index contributed by atoms with van der Waals surface area (Å²) in [5, 5.41) is 2.95. The maximum absolute atomic E-state index is 12.2. The monoisotopic (exact) mass is 362 g/mol. The molecule has 1 saturated carbocycles. The zero-order chi connectivity index (χ0) is 13.8. The molecule has 3 N–H and O–H groups in total. The number of carbonyl (C=O) groups is 1. The maximum Gasteiger partial charge on any atom is 0.227 e. The summed E-state index contributed by atoms with van der Waals surface area (Å²) in [6.07, 6.45) is 3.74. The van der Waals surface area contributed by atoms with Crippen molar-refractivity contribution in [2.24, 2.45) is 11.7 Å². The fourth-order valence-corrected chi connectivity index (χ4v) is 2.77. The van der Waals surface area contributed by atoms with Crippen LogP contribution in [0.5, 0.6) is 5.75 Å². The van der Waals surface area contributed by atoms with Gasteiger partial charge in [-0.15, -0.1) is 12.4 Å². The van der Waals surface area contributed by atoms with Crippen molar-refractivity contribution in [1.29, 1.82) is 0 Å². The topological polar surface area (TPSA) is 64.3 Å². The molecule has 0 bridgehead atoms. The fourth-order valence-electron chi connectivity index (χ4n) is 2.43. The molecule has 2 unspecified atom stereocenters. The number of halogens is 2. The van der Waals surface area contributed by atoms with Gasteiger partial charge in [0.2, 0.25) is 5.91 Å². The van der Waals surface area contributed by atoms with E-state index in [0.29, 0.717) is 0 Å². The second-order valence-electron chi connectivity index (χ2n) is 4.96. The number of ether oxygens (including phenoxy) is 1. The number of rotatable bonds is 3. The third kappa shape index (κ3) is 4.36. The van der Waals surface area contributed by atoms with E-state index < -0.39 is 0 Å². The Balaban J connectivity index is 0.00000200. The summed E-state index contributed by atoms with van der Waals surface area (Å²) >= 11 is 3.43. The molecule has 1 aromatic rings. The standard InChI is InChI=1S/C14H19BrN2O2.ClH/c1-19-11-5-6-12(15)13(8-11)17-14(18)9-3-2-4-10(16)7-9;/h5-6,8-10H,2-4,7,16H2,1H3,(H,17,18);1H. The summed E-state index contributed by atoms with van der Waals surface area (Å²) in [5.41, 5.74) is 6.66. The molecule has 2 atom stereocenters. The zero-order valence-corrected chi connectivity index (χ0v) is 13.8. The molecule has 0 saturated heterocycles. The van der Waals surface area contributed by atoms with Crippen LogP contribution in [0.15, 0.2) is 22.7 Å². The van der Waals surface area contributed by atoms with E-state index in [0.717, 1.165) is 41.6 Å². The summed E-state index contributed by atoms with van der Waals surface area (Å²) in [6, 6.07) is 5.67. The Hall–Kier alpha value is -0.780. The van der Waals surface area contributed by atoms with Crippen LogP contribution in [0.3, 0.4) is 0 Å². The van der Waals surface area contributed by atoms with Gasteiger partial charge >= 0.3 is 0 Å². The van der Waals surface area contributed by atoms with Crippen LogP contribution < -0.4 is 15.8 Å². The van der Waals surface area contributed by atoms with E-state index in [4.69, 9.17) is 10.5 Å². The Labute approximate surface area is 134 Å². The molecule has 2 rings (SSSR count). The molecule has 0 aliphatic heterocycles. The zero-order valence-electron chi connectivity index (χ0n) is 11.4. The lowest BCUT2D eigenvalue weighted by Gasteiger charge is -2.25. The van der Waals surface area contributed by atoms with E-state index in [1.807, 2.05) is 18.2 Å². The van der Waals surface area contributed by atoms with Crippen molar-refractivity contribution >= 4 is 39.9 Å². The number of nitrogens with two attached hydrogens (primary N) is 1. The molecule has 6 heteroatoms. The molecule has 112 valence electrons. The van der Waals surface area contributed by atoms with Gasteiger partial charge in [0.25, 0.3) is 0 Å². The Kier molecular flexibility index (Phi) is 6.79. The van der Waals surface area contributed by atoms with Crippen LogP contribution >= 0.6 is 28.3 Å². The predicted octanol–water partition coefficient (Wildman–Crippen LogP) is 3.34. The lowest BCUT2D eigenvalue weighted by atomic mass is 9.85. The van der Waals surface area contributed by atoms with Gasteiger partial charge < -0.3 is 15.8 Å². The first-order chi connectivity index (χ1) is 9.10. The minimum absolute atomic E-state index is 0. The van der Waals surface area contributed by atoms with E-state index in [1.165, 1.54) is 0 Å². The van der Waals surface area contributed by atoms with Gasteiger partial charge in [-0.2, -0.15) is 0 Å². The minimum Gasteiger partial charge on any atom is -0.497 e. The number of hydrogen-bond acceptors (Lipinski definition) is 3. The highest BCUT2D eigenvalue weighted by molar-refractivity contribution is 9.10. The van der Waals surface area contributed by atoms with Gasteiger partial charge in [0.1, 0.15) is 5.75 Å². The van der Waals surface area contributed by atoms with Crippen LogP contribution in [0.1, 0.15) is 25.7 Å². The van der Waals surface area contributed by atoms with E-state index in [9.17, 15) is 4.79 Å². The first-order valence-electron chi connectivity index (χ1n) is 6.50. The number of amides is 1. The van der Waals surface area contributed by atoms with Gasteiger partial charge in [0.15, 0.2) is 0 Å². The molecular formula is C14H20BrClN2O2. The predicted molar refractivity (Wildman–Crippen MR) is 86.5 cm³/mol. The summed E-state index contributed by atoms with van der Waals surface area (Å²) in [7, 11) is 1.61. The highest BCUT2D eigenvalue weighted by Gasteiger charge is 2.25. The molecular weight excluding hydrogens is 344 g/mol. The van der Waals surface area contributed by atoms with Crippen LogP contribution in [0.4, 0.5) is 5.69 Å². The molecule has 0 heterocycles. The summed E-state index contributed by atoms with van der Waals surface area (Å²) in [5.74, 6) is 0.782. The fraction of sp³-hybridized carbons (Fsp3) is 0.500. The average Bonchev–Trinajstić information content (AvgIpc) is 2.41. The van der Waals surface area contributed by atoms with Crippen molar-refractivity contribution in [3.63, 3.8) is 0 Å². The third-order valence-electron chi connectivity index (χ3n) is 3.52. The molecule has 0 radical (unpaired) electrons. The highest BCUT2D eigenvalue weighted by atomic mass is 79.9. The second-order valence-corrected chi connectivity index (χ2v) is 5.81. The van der Waals surface area contributed by atoms with Gasteiger partial charge in [-0.1, -0.05) is 6.42 Å². The van der Waals surface area contributed by atoms with Gasteiger partial charge in [-0.05, 0) is 47.3 Å². The van der Waals surface area contributed by atoms with Crippen LogP contribution in [0.25, 0.3) is 0 Å². The summed E-state index contributed by atoms with van der Waals surface area (Å²) in [4.78, 5) is 12.2. The van der Waals surface area contributed by atoms with Gasteiger partial charge in [0.05, 0.1) is 12.8 Å². The molecule has 20 heavy (non-hydrogen) atoms. The Morgan fingerprint density at radius 2 is 2.20 bits per heavy atom. The van der Waals surface area contributed by atoms with E-state index in [1.54, 1.807) is 7.11 Å². The smallest absolute Gasteiger partial charge is 0.227 e. The van der Waals surface area contributed by atoms with Crippen LogP contribution in [-0.4, -0.2) is 19.1 Å². The van der Waals surface area contributed by atoms with Crippen LogP contribution in [0.2, 0.25) is 0 Å². The van der Waals surface area contributed by atoms with Crippen molar-refractivity contribution in [3.05, 3.63) is 22.7 Å². The van der Waals surface area contributed by atoms with Crippen molar-refractivity contribution < 1.29 is 9.53 Å². The molecule has 1 fully saturated rings. The maximum atomic E-state index is 12.2. The molecule has 0 aromatic heterocycles. The number of nitrogens with one attached hydrogen (secondary N) is 1. The molecule has 1 aliphatic rings. The van der Waals surface area contributed by atoms with Gasteiger partial charge in [-0.25, -0.2) is 0 Å². The van der Waals surface area contributed by atoms with Crippen LogP contribution in [-0.2, 0) is 4.79 Å². The largest absolute Gasteiger partial charge is 0.497 e. The normalized spacial score (nSPS) is 21.8. The van der Waals surface area contributed by atoms with E-state index >= 15 is 0 Å². The molecule has 0 spiro atoms. The first kappa shape index (κ1) is 17.3. The minimum atomic E-state index is 0. The second kappa shape index (κ2) is 7.86. The van der Waals surface area contributed by atoms with Gasteiger partial charge in [0, 0.05) is 22.5 Å². The number of hydrogen-bond donors (Lipinski definition) is 2. The van der Waals surface area contributed by atoms with E-state index in [-0.39, 0.29) is 30.3 Å². The molecule has 4 nitrogen and oxygen atoms in total. The first-order valence-corrected chi connectivity index (χ1v) is 7.29. The molecule has 1 aromatic carbocycles. The van der Waals surface area contributed by atoms with Crippen molar-refractivity contribution in [1.82, 2.24) is 0 Å². The SMILES string of the molecule is COc1ccc(Br)c(NC(=O)C2CCCC(N)C2)c1.Cl. The quantitative estimate of drug-likeness (QED) is 0.865. The highest BCUT2D eigenvalue weighted by Crippen LogP contribution is 2.29. The number of methoxy groups -OCH3 is 1. The van der Waals surface area contributed by atoms with Crippen molar-refractivity contribution in [2.45, 2.75) is 31.7 Å². The molecule has 1 aliphatic carbocycles. The summed E-state index contributed by atoms with van der Waals surface area (Å²) < 4.78 is 6.01. The van der Waals surface area contributed by atoms with Crippen molar-refractivity contribution in [2.75, 3.05) is 12.4 Å².